The van der Waals surface area contributed by atoms with Crippen LogP contribution in [0.15, 0.2) is 28.9 Å². The van der Waals surface area contributed by atoms with Gasteiger partial charge in [0.15, 0.2) is 0 Å². The highest BCUT2D eigenvalue weighted by molar-refractivity contribution is 5.85. The lowest BCUT2D eigenvalue weighted by Crippen LogP contribution is -2.17. The van der Waals surface area contributed by atoms with Crippen LogP contribution in [-0.2, 0) is 6.42 Å². The highest BCUT2D eigenvalue weighted by Gasteiger charge is 2.08. The van der Waals surface area contributed by atoms with Crippen LogP contribution >= 0.6 is 12.4 Å². The maximum atomic E-state index is 9.46. The van der Waals surface area contributed by atoms with Crippen LogP contribution in [-0.4, -0.2) is 11.1 Å². The summed E-state index contributed by atoms with van der Waals surface area (Å²) in [6.45, 7) is 1.93. The van der Waals surface area contributed by atoms with Gasteiger partial charge in [0.05, 0.1) is 6.26 Å². The van der Waals surface area contributed by atoms with Crippen LogP contribution in [0.25, 0.3) is 11.0 Å². The summed E-state index contributed by atoms with van der Waals surface area (Å²) in [7, 11) is 0. The van der Waals surface area contributed by atoms with Crippen molar-refractivity contribution < 1.29 is 9.52 Å². The number of furan rings is 1. The van der Waals surface area contributed by atoms with E-state index in [1.807, 2.05) is 13.0 Å². The van der Waals surface area contributed by atoms with Crippen molar-refractivity contribution in [3.8, 4) is 5.75 Å². The van der Waals surface area contributed by atoms with Crippen LogP contribution in [0.1, 0.15) is 12.5 Å². The van der Waals surface area contributed by atoms with E-state index in [-0.39, 0.29) is 24.2 Å². The van der Waals surface area contributed by atoms with Crippen LogP contribution in [0.3, 0.4) is 0 Å². The van der Waals surface area contributed by atoms with E-state index in [9.17, 15) is 5.11 Å². The molecule has 0 fully saturated rings. The third-order valence-corrected chi connectivity index (χ3v) is 2.15. The van der Waals surface area contributed by atoms with Gasteiger partial charge in [-0.15, -0.1) is 12.4 Å². The second kappa shape index (κ2) is 4.55. The topological polar surface area (TPSA) is 59.4 Å². The van der Waals surface area contributed by atoms with Crippen molar-refractivity contribution in [2.75, 3.05) is 0 Å². The third kappa shape index (κ3) is 2.43. The summed E-state index contributed by atoms with van der Waals surface area (Å²) in [5, 5.41) is 10.4. The Kier molecular flexibility index (Phi) is 3.61. The number of halogens is 1. The molecule has 1 heterocycles. The molecule has 0 aliphatic rings. The van der Waals surface area contributed by atoms with Gasteiger partial charge < -0.3 is 15.3 Å². The van der Waals surface area contributed by atoms with Crippen molar-refractivity contribution in [1.82, 2.24) is 0 Å². The Labute approximate surface area is 94.3 Å². The summed E-state index contributed by atoms with van der Waals surface area (Å²) in [5.74, 6) is 0.259. The molecular weight excluding hydrogens is 214 g/mol. The van der Waals surface area contributed by atoms with Gasteiger partial charge >= 0.3 is 0 Å². The van der Waals surface area contributed by atoms with E-state index in [1.54, 1.807) is 18.4 Å². The van der Waals surface area contributed by atoms with E-state index in [4.69, 9.17) is 10.2 Å². The first-order valence-corrected chi connectivity index (χ1v) is 4.61. The molecule has 0 saturated carbocycles. The predicted octanol–water partition coefficient (Wildman–Crippen LogP) is 2.45. The van der Waals surface area contributed by atoms with E-state index in [2.05, 4.69) is 0 Å². The lowest BCUT2D eigenvalue weighted by Gasteiger charge is -2.06. The summed E-state index contributed by atoms with van der Waals surface area (Å²) in [5.41, 5.74) is 7.49. The summed E-state index contributed by atoms with van der Waals surface area (Å²) in [6, 6.07) is 5.28. The van der Waals surface area contributed by atoms with Gasteiger partial charge in [0.1, 0.15) is 11.3 Å². The van der Waals surface area contributed by atoms with Crippen LogP contribution in [0.2, 0.25) is 0 Å². The molecule has 0 amide bonds. The summed E-state index contributed by atoms with van der Waals surface area (Å²) in [6.07, 6.45) is 2.33. The molecule has 15 heavy (non-hydrogen) atoms. The summed E-state index contributed by atoms with van der Waals surface area (Å²) >= 11 is 0. The number of phenolic OH excluding ortho intramolecular Hbond substituents is 1. The third-order valence-electron chi connectivity index (χ3n) is 2.15. The summed E-state index contributed by atoms with van der Waals surface area (Å²) in [4.78, 5) is 0. The average molecular weight is 228 g/mol. The molecule has 1 atom stereocenters. The number of rotatable bonds is 2. The molecule has 0 spiro atoms. The lowest BCUT2D eigenvalue weighted by molar-refractivity contribution is 0.474. The SMILES string of the molecule is CC(N)Cc1cc(O)cc2ccoc12.Cl. The molecule has 1 aromatic heterocycles. The molecule has 3 N–H and O–H groups in total. The quantitative estimate of drug-likeness (QED) is 0.829. The van der Waals surface area contributed by atoms with Crippen LogP contribution < -0.4 is 5.73 Å². The van der Waals surface area contributed by atoms with Crippen molar-refractivity contribution >= 4 is 23.4 Å². The predicted molar refractivity (Wildman–Crippen MR) is 62.5 cm³/mol. The highest BCUT2D eigenvalue weighted by atomic mass is 35.5. The molecule has 3 nitrogen and oxygen atoms in total. The molecule has 0 radical (unpaired) electrons. The molecule has 0 saturated heterocycles. The maximum Gasteiger partial charge on any atom is 0.137 e. The van der Waals surface area contributed by atoms with Crippen molar-refractivity contribution in [1.29, 1.82) is 0 Å². The molecule has 0 aliphatic heterocycles. The second-order valence-electron chi connectivity index (χ2n) is 3.63. The average Bonchev–Trinajstić information content (AvgIpc) is 2.50. The Morgan fingerprint density at radius 3 is 2.87 bits per heavy atom. The Morgan fingerprint density at radius 2 is 2.20 bits per heavy atom. The lowest BCUT2D eigenvalue weighted by atomic mass is 10.1. The smallest absolute Gasteiger partial charge is 0.137 e. The van der Waals surface area contributed by atoms with Crippen LogP contribution in [0.4, 0.5) is 0 Å². The minimum atomic E-state index is 0. The molecule has 4 heteroatoms. The molecule has 0 bridgehead atoms. The molecule has 2 rings (SSSR count). The normalized spacial score (nSPS) is 12.4. The van der Waals surface area contributed by atoms with Gasteiger partial charge in [-0.3, -0.25) is 0 Å². The highest BCUT2D eigenvalue weighted by Crippen LogP contribution is 2.26. The number of aromatic hydroxyl groups is 1. The van der Waals surface area contributed by atoms with Gasteiger partial charge in [0.2, 0.25) is 0 Å². The van der Waals surface area contributed by atoms with E-state index in [0.717, 1.165) is 16.5 Å². The van der Waals surface area contributed by atoms with Gasteiger partial charge in [-0.1, -0.05) is 0 Å². The molecule has 2 aromatic rings. The Hall–Kier alpha value is -1.19. The fraction of sp³-hybridized carbons (Fsp3) is 0.273. The first-order valence-electron chi connectivity index (χ1n) is 4.61. The van der Waals surface area contributed by atoms with Gasteiger partial charge in [0, 0.05) is 17.0 Å². The molecule has 0 aliphatic carbocycles. The van der Waals surface area contributed by atoms with Crippen LogP contribution in [0.5, 0.6) is 5.75 Å². The standard InChI is InChI=1S/C11H13NO2.ClH/c1-7(12)4-9-6-10(13)5-8-2-3-14-11(8)9;/h2-3,5-7,13H,4,12H2,1H3;1H. The van der Waals surface area contributed by atoms with Gasteiger partial charge in [0.25, 0.3) is 0 Å². The number of hydrogen-bond acceptors (Lipinski definition) is 3. The van der Waals surface area contributed by atoms with Gasteiger partial charge in [-0.25, -0.2) is 0 Å². The van der Waals surface area contributed by atoms with E-state index < -0.39 is 0 Å². The molecular formula is C11H14ClNO2. The zero-order chi connectivity index (χ0) is 10.1. The maximum absolute atomic E-state index is 9.46. The van der Waals surface area contributed by atoms with Crippen molar-refractivity contribution in [3.63, 3.8) is 0 Å². The van der Waals surface area contributed by atoms with Crippen molar-refractivity contribution in [3.05, 3.63) is 30.0 Å². The number of phenols is 1. The van der Waals surface area contributed by atoms with Crippen molar-refractivity contribution in [2.45, 2.75) is 19.4 Å². The molecule has 1 aromatic carbocycles. The zero-order valence-electron chi connectivity index (χ0n) is 8.43. The second-order valence-corrected chi connectivity index (χ2v) is 3.63. The monoisotopic (exact) mass is 227 g/mol. The summed E-state index contributed by atoms with van der Waals surface area (Å²) < 4.78 is 5.34. The largest absolute Gasteiger partial charge is 0.508 e. The Morgan fingerprint density at radius 1 is 1.47 bits per heavy atom. The fourth-order valence-electron chi connectivity index (χ4n) is 1.64. The van der Waals surface area contributed by atoms with E-state index >= 15 is 0 Å². The minimum absolute atomic E-state index is 0. The Balaban J connectivity index is 0.00000112. The fourth-order valence-corrected chi connectivity index (χ4v) is 1.64. The number of benzene rings is 1. The zero-order valence-corrected chi connectivity index (χ0v) is 9.25. The van der Waals surface area contributed by atoms with E-state index in [0.29, 0.717) is 6.42 Å². The first-order chi connectivity index (χ1) is 6.66. The first kappa shape index (κ1) is 11.9. The number of nitrogens with two attached hydrogens (primary N) is 1. The number of hydrogen-bond donors (Lipinski definition) is 2. The van der Waals surface area contributed by atoms with Gasteiger partial charge in [-0.05, 0) is 31.5 Å². The van der Waals surface area contributed by atoms with Gasteiger partial charge in [-0.2, -0.15) is 0 Å². The minimum Gasteiger partial charge on any atom is -0.508 e. The van der Waals surface area contributed by atoms with Crippen molar-refractivity contribution in [2.24, 2.45) is 5.73 Å². The number of fused-ring (bicyclic) bond motifs is 1. The van der Waals surface area contributed by atoms with Crippen LogP contribution in [0, 0.1) is 0 Å². The van der Waals surface area contributed by atoms with E-state index in [1.165, 1.54) is 0 Å². The molecule has 82 valence electrons. The molecule has 1 unspecified atom stereocenters. The Bertz CT molecular complexity index is 451.